The molecule has 3 aromatic rings. The minimum atomic E-state index is -4.63. The highest BCUT2D eigenvalue weighted by Crippen LogP contribution is 2.39. The van der Waals surface area contributed by atoms with Crippen LogP contribution >= 0.6 is 0 Å². The Hall–Kier alpha value is -4.38. The molecule has 11 heteroatoms. The van der Waals surface area contributed by atoms with Gasteiger partial charge in [0.25, 0.3) is 11.5 Å². The summed E-state index contributed by atoms with van der Waals surface area (Å²) in [6, 6.07) is 8.41. The Balaban J connectivity index is 1.83. The van der Waals surface area contributed by atoms with Gasteiger partial charge >= 0.3 is 6.18 Å². The summed E-state index contributed by atoms with van der Waals surface area (Å²) in [5.41, 5.74) is 2.95. The van der Waals surface area contributed by atoms with Crippen molar-refractivity contribution in [3.63, 3.8) is 0 Å². The first-order valence-electron chi connectivity index (χ1n) is 13.9. The zero-order chi connectivity index (χ0) is 31.5. The van der Waals surface area contributed by atoms with Crippen LogP contribution in [0.4, 0.5) is 24.5 Å². The second kappa shape index (κ2) is 12.9. The van der Waals surface area contributed by atoms with Gasteiger partial charge < -0.3 is 25.3 Å². The average molecular weight is 597 g/mol. The molecule has 2 heterocycles. The lowest BCUT2D eigenvalue weighted by Gasteiger charge is -2.34. The SMILES string of the molecule is C=CC(=O)Nc1cc(C(F)(F)F)ccc1-c1cc(C(=O)NCc2c(C)cc(C)[nH]c2=O)c(C)c(N(C)C2CCOCC2)c1. The fraction of sp³-hybridized carbons (Fsp3) is 0.344. The van der Waals surface area contributed by atoms with Gasteiger partial charge in [0.15, 0.2) is 0 Å². The van der Waals surface area contributed by atoms with Gasteiger partial charge in [0.2, 0.25) is 5.91 Å². The van der Waals surface area contributed by atoms with Gasteiger partial charge in [-0.15, -0.1) is 0 Å². The topological polar surface area (TPSA) is 104 Å². The van der Waals surface area contributed by atoms with Crippen LogP contribution in [-0.2, 0) is 22.3 Å². The van der Waals surface area contributed by atoms with Crippen LogP contribution in [0.3, 0.4) is 0 Å². The molecule has 1 aromatic heterocycles. The van der Waals surface area contributed by atoms with Crippen LogP contribution in [0.5, 0.6) is 0 Å². The van der Waals surface area contributed by atoms with Gasteiger partial charge in [-0.1, -0.05) is 12.6 Å². The lowest BCUT2D eigenvalue weighted by molar-refractivity contribution is -0.137. The number of halogens is 3. The van der Waals surface area contributed by atoms with E-state index < -0.39 is 23.6 Å². The Kier molecular flexibility index (Phi) is 9.44. The lowest BCUT2D eigenvalue weighted by atomic mass is 9.94. The predicted octanol–water partition coefficient (Wildman–Crippen LogP) is 5.66. The van der Waals surface area contributed by atoms with E-state index in [2.05, 4.69) is 27.1 Å². The van der Waals surface area contributed by atoms with Crippen LogP contribution in [-0.4, -0.2) is 43.1 Å². The summed E-state index contributed by atoms with van der Waals surface area (Å²) >= 11 is 0. The van der Waals surface area contributed by atoms with E-state index in [1.165, 1.54) is 6.07 Å². The molecular weight excluding hydrogens is 561 g/mol. The van der Waals surface area contributed by atoms with E-state index in [1.54, 1.807) is 26.8 Å². The molecule has 0 radical (unpaired) electrons. The summed E-state index contributed by atoms with van der Waals surface area (Å²) < 4.78 is 46.3. The highest BCUT2D eigenvalue weighted by Gasteiger charge is 2.32. The number of alkyl halides is 3. The van der Waals surface area contributed by atoms with Crippen molar-refractivity contribution >= 4 is 23.2 Å². The van der Waals surface area contributed by atoms with Gasteiger partial charge in [-0.05, 0) is 86.7 Å². The summed E-state index contributed by atoms with van der Waals surface area (Å²) in [6.07, 6.45) is -2.14. The monoisotopic (exact) mass is 596 g/mol. The molecular formula is C32H35F3N4O4. The van der Waals surface area contributed by atoms with Crippen molar-refractivity contribution in [2.75, 3.05) is 30.5 Å². The van der Waals surface area contributed by atoms with E-state index in [1.807, 2.05) is 19.2 Å². The standard InChI is InChI=1S/C32H35F3N4O4/c1-6-29(40)38-27-16-22(32(33,34)35)7-8-24(27)21-14-25(20(4)28(15-21)39(5)23-9-11-43-12-10-23)30(41)36-17-26-18(2)13-19(3)37-31(26)42/h6-8,13-16,23H,1,9-12,17H2,2-5H3,(H,36,41)(H,37,42)(H,38,40). The van der Waals surface area contributed by atoms with Crippen molar-refractivity contribution in [1.29, 1.82) is 0 Å². The van der Waals surface area contributed by atoms with E-state index >= 15 is 0 Å². The molecule has 1 aliphatic heterocycles. The van der Waals surface area contributed by atoms with Gasteiger partial charge in [0.05, 0.1) is 5.56 Å². The highest BCUT2D eigenvalue weighted by atomic mass is 19.4. The first-order chi connectivity index (χ1) is 20.3. The van der Waals surface area contributed by atoms with Crippen LogP contribution in [0.25, 0.3) is 11.1 Å². The molecule has 0 unspecified atom stereocenters. The van der Waals surface area contributed by atoms with E-state index in [9.17, 15) is 27.6 Å². The fourth-order valence-electron chi connectivity index (χ4n) is 5.35. The van der Waals surface area contributed by atoms with E-state index in [0.717, 1.165) is 36.6 Å². The average Bonchev–Trinajstić information content (AvgIpc) is 2.96. The number of anilines is 2. The molecule has 1 fully saturated rings. The molecule has 43 heavy (non-hydrogen) atoms. The van der Waals surface area contributed by atoms with Crippen molar-refractivity contribution in [3.05, 3.63) is 92.9 Å². The molecule has 2 aromatic carbocycles. The molecule has 0 spiro atoms. The van der Waals surface area contributed by atoms with Crippen LogP contribution in [0.1, 0.15) is 51.1 Å². The molecule has 1 saturated heterocycles. The molecule has 2 amide bonds. The number of rotatable bonds is 8. The number of aromatic amines is 1. The van der Waals surface area contributed by atoms with E-state index in [4.69, 9.17) is 4.74 Å². The van der Waals surface area contributed by atoms with Crippen molar-refractivity contribution in [1.82, 2.24) is 10.3 Å². The molecule has 4 rings (SSSR count). The second-order valence-corrected chi connectivity index (χ2v) is 10.7. The largest absolute Gasteiger partial charge is 0.416 e. The molecule has 0 atom stereocenters. The number of aryl methyl sites for hydroxylation is 2. The number of amides is 2. The van der Waals surface area contributed by atoms with Gasteiger partial charge in [-0.3, -0.25) is 14.4 Å². The van der Waals surface area contributed by atoms with Crippen molar-refractivity contribution < 1.29 is 27.5 Å². The normalized spacial score (nSPS) is 13.8. The number of carbonyl (C=O) groups is 2. The van der Waals surface area contributed by atoms with Crippen molar-refractivity contribution in [2.45, 2.75) is 52.4 Å². The molecule has 3 N–H and O–H groups in total. The van der Waals surface area contributed by atoms with Crippen LogP contribution < -0.4 is 21.1 Å². The first kappa shape index (κ1) is 31.6. The van der Waals surface area contributed by atoms with Gasteiger partial charge in [-0.2, -0.15) is 13.2 Å². The summed E-state index contributed by atoms with van der Waals surface area (Å²) in [7, 11) is 1.91. The Morgan fingerprint density at radius 2 is 1.81 bits per heavy atom. The van der Waals surface area contributed by atoms with Gasteiger partial charge in [0.1, 0.15) is 0 Å². The molecule has 1 aliphatic rings. The summed E-state index contributed by atoms with van der Waals surface area (Å²) in [6.45, 7) is 9.93. The Labute approximate surface area is 247 Å². The minimum absolute atomic E-state index is 0.0179. The number of aromatic nitrogens is 1. The number of pyridine rings is 1. The molecule has 0 saturated carbocycles. The van der Waals surface area contributed by atoms with Crippen molar-refractivity contribution in [3.8, 4) is 11.1 Å². The number of hydrogen-bond acceptors (Lipinski definition) is 5. The predicted molar refractivity (Wildman–Crippen MR) is 160 cm³/mol. The lowest BCUT2D eigenvalue weighted by Crippen LogP contribution is -2.37. The van der Waals surface area contributed by atoms with E-state index in [0.29, 0.717) is 46.8 Å². The number of benzene rings is 2. The number of nitrogens with one attached hydrogen (secondary N) is 3. The van der Waals surface area contributed by atoms with Crippen LogP contribution in [0, 0.1) is 20.8 Å². The van der Waals surface area contributed by atoms with Crippen molar-refractivity contribution in [2.24, 2.45) is 0 Å². The Morgan fingerprint density at radius 1 is 1.12 bits per heavy atom. The zero-order valence-electron chi connectivity index (χ0n) is 24.6. The number of H-pyrrole nitrogens is 1. The summed E-state index contributed by atoms with van der Waals surface area (Å²) in [5.74, 6) is -1.13. The maximum absolute atomic E-state index is 13.7. The number of hydrogen-bond donors (Lipinski definition) is 3. The number of ether oxygens (including phenoxy) is 1. The zero-order valence-corrected chi connectivity index (χ0v) is 24.6. The summed E-state index contributed by atoms with van der Waals surface area (Å²) in [5, 5.41) is 5.32. The maximum Gasteiger partial charge on any atom is 0.416 e. The van der Waals surface area contributed by atoms with Crippen LogP contribution in [0.15, 0.2) is 53.8 Å². The highest BCUT2D eigenvalue weighted by molar-refractivity contribution is 6.03. The van der Waals surface area contributed by atoms with Gasteiger partial charge in [0, 0.05) is 66.6 Å². The van der Waals surface area contributed by atoms with Crippen LogP contribution in [0.2, 0.25) is 0 Å². The molecule has 8 nitrogen and oxygen atoms in total. The Bertz CT molecular complexity index is 1610. The fourth-order valence-corrected chi connectivity index (χ4v) is 5.35. The minimum Gasteiger partial charge on any atom is -0.381 e. The van der Waals surface area contributed by atoms with E-state index in [-0.39, 0.29) is 29.4 Å². The summed E-state index contributed by atoms with van der Waals surface area (Å²) in [4.78, 5) is 43.2. The number of carbonyl (C=O) groups excluding carboxylic acids is 2. The third-order valence-electron chi connectivity index (χ3n) is 7.76. The molecule has 228 valence electrons. The maximum atomic E-state index is 13.7. The smallest absolute Gasteiger partial charge is 0.381 e. The van der Waals surface area contributed by atoms with Gasteiger partial charge in [-0.25, -0.2) is 0 Å². The molecule has 0 aliphatic carbocycles. The first-order valence-corrected chi connectivity index (χ1v) is 13.9. The third kappa shape index (κ3) is 7.16. The number of nitrogens with zero attached hydrogens (tertiary/aromatic N) is 1. The third-order valence-corrected chi connectivity index (χ3v) is 7.76. The molecule has 0 bridgehead atoms. The second-order valence-electron chi connectivity index (χ2n) is 10.7. The quantitative estimate of drug-likeness (QED) is 0.292. The Morgan fingerprint density at radius 3 is 2.44 bits per heavy atom.